The minimum Gasteiger partial charge on any atom is -0.294 e. The summed E-state index contributed by atoms with van der Waals surface area (Å²) >= 11 is 0. The maximum atomic E-state index is 12.2. The van der Waals surface area contributed by atoms with Crippen LogP contribution in [0.25, 0.3) is 27.5 Å². The first kappa shape index (κ1) is 12.8. The fourth-order valence-corrected chi connectivity index (χ4v) is 2.97. The Kier molecular flexibility index (Phi) is 2.79. The van der Waals surface area contributed by atoms with E-state index >= 15 is 0 Å². The lowest BCUT2D eigenvalue weighted by atomic mass is 9.98. The molecule has 0 aliphatic rings. The monoisotopic (exact) mass is 286 g/mol. The summed E-state index contributed by atoms with van der Waals surface area (Å²) in [5, 5.41) is 6.90. The van der Waals surface area contributed by atoms with Crippen molar-refractivity contribution >= 4 is 22.1 Å². The highest BCUT2D eigenvalue weighted by Gasteiger charge is 2.19. The number of benzene rings is 2. The lowest BCUT2D eigenvalue weighted by molar-refractivity contribution is 0.102. The molecule has 0 bridgehead atoms. The van der Waals surface area contributed by atoms with E-state index in [1.54, 1.807) is 11.4 Å². The smallest absolute Gasteiger partial charge is 0.164 e. The number of fused-ring (bicyclic) bond motifs is 2. The highest BCUT2D eigenvalue weighted by Crippen LogP contribution is 2.32. The maximum Gasteiger partial charge on any atom is 0.164 e. The molecule has 0 saturated heterocycles. The third kappa shape index (κ3) is 1.83. The molecule has 106 valence electrons. The predicted octanol–water partition coefficient (Wildman–Crippen LogP) is 4.36. The average molecular weight is 286 g/mol. The maximum absolute atomic E-state index is 12.2. The van der Waals surface area contributed by atoms with E-state index in [0.717, 1.165) is 27.5 Å². The van der Waals surface area contributed by atoms with Crippen LogP contribution < -0.4 is 0 Å². The summed E-state index contributed by atoms with van der Waals surface area (Å²) in [5.74, 6) is 0.0316. The van der Waals surface area contributed by atoms with Crippen LogP contribution in [0, 0.1) is 0 Å². The Bertz CT molecular complexity index is 1010. The highest BCUT2D eigenvalue weighted by molar-refractivity contribution is 6.09. The lowest BCUT2D eigenvalue weighted by Crippen LogP contribution is -1.94. The number of nitrogens with zero attached hydrogens (tertiary/aromatic N) is 2. The molecule has 2 heterocycles. The second-order valence-electron chi connectivity index (χ2n) is 5.34. The van der Waals surface area contributed by atoms with Gasteiger partial charge >= 0.3 is 0 Å². The van der Waals surface area contributed by atoms with Gasteiger partial charge in [-0.15, -0.1) is 0 Å². The number of ketones is 1. The zero-order valence-electron chi connectivity index (χ0n) is 12.2. The second kappa shape index (κ2) is 4.81. The van der Waals surface area contributed by atoms with E-state index in [9.17, 15) is 4.79 Å². The van der Waals surface area contributed by atoms with Crippen LogP contribution in [0.2, 0.25) is 0 Å². The average Bonchev–Trinajstić information content (AvgIpc) is 2.93. The molecule has 0 radical (unpaired) electrons. The number of carbonyl (C=O) groups excluding carboxylic acids is 1. The Balaban J connectivity index is 2.13. The molecule has 0 atom stereocenters. The number of aromatic nitrogens is 2. The van der Waals surface area contributed by atoms with Gasteiger partial charge in [0.25, 0.3) is 0 Å². The Morgan fingerprint density at radius 1 is 0.955 bits per heavy atom. The molecule has 0 aliphatic heterocycles. The van der Waals surface area contributed by atoms with Gasteiger partial charge < -0.3 is 0 Å². The number of hydrogen-bond donors (Lipinski definition) is 0. The van der Waals surface area contributed by atoms with Crippen molar-refractivity contribution < 1.29 is 4.79 Å². The summed E-state index contributed by atoms with van der Waals surface area (Å²) in [6.45, 7) is 1.60. The molecule has 3 nitrogen and oxygen atoms in total. The molecule has 0 saturated carbocycles. The number of rotatable bonds is 2. The topological polar surface area (TPSA) is 34.4 Å². The number of carbonyl (C=O) groups is 1. The zero-order valence-corrected chi connectivity index (χ0v) is 12.2. The van der Waals surface area contributed by atoms with Crippen LogP contribution in [0.5, 0.6) is 0 Å². The van der Waals surface area contributed by atoms with E-state index in [1.807, 2.05) is 48.7 Å². The molecule has 0 N–H and O–H groups in total. The van der Waals surface area contributed by atoms with Crippen LogP contribution in [0.3, 0.4) is 0 Å². The van der Waals surface area contributed by atoms with Gasteiger partial charge in [0.2, 0.25) is 0 Å². The van der Waals surface area contributed by atoms with E-state index < -0.39 is 0 Å². The third-order valence-electron chi connectivity index (χ3n) is 3.94. The molecule has 0 aliphatic carbocycles. The van der Waals surface area contributed by atoms with Gasteiger partial charge in [-0.3, -0.25) is 4.79 Å². The molecule has 0 amide bonds. The number of hydrogen-bond acceptors (Lipinski definition) is 2. The first-order valence-electron chi connectivity index (χ1n) is 7.22. The van der Waals surface area contributed by atoms with Gasteiger partial charge in [0.15, 0.2) is 5.78 Å². The predicted molar refractivity (Wildman–Crippen MR) is 88.1 cm³/mol. The molecule has 0 spiro atoms. The molecular formula is C19H14N2O. The Labute approximate surface area is 127 Å². The van der Waals surface area contributed by atoms with Crippen LogP contribution in [0.1, 0.15) is 17.3 Å². The van der Waals surface area contributed by atoms with Crippen LogP contribution >= 0.6 is 0 Å². The van der Waals surface area contributed by atoms with E-state index in [0.29, 0.717) is 5.56 Å². The molecule has 22 heavy (non-hydrogen) atoms. The lowest BCUT2D eigenvalue weighted by Gasteiger charge is -2.05. The normalized spacial score (nSPS) is 11.1. The Hall–Kier alpha value is -2.94. The van der Waals surface area contributed by atoms with Crippen molar-refractivity contribution in [2.24, 2.45) is 0 Å². The Morgan fingerprint density at radius 3 is 2.59 bits per heavy atom. The fourth-order valence-electron chi connectivity index (χ4n) is 2.97. The summed E-state index contributed by atoms with van der Waals surface area (Å²) in [6.07, 6.45) is 1.87. The molecule has 3 heteroatoms. The van der Waals surface area contributed by atoms with Gasteiger partial charge in [0.1, 0.15) is 5.69 Å². The highest BCUT2D eigenvalue weighted by atomic mass is 16.1. The minimum absolute atomic E-state index is 0.0316. The van der Waals surface area contributed by atoms with Gasteiger partial charge in [-0.1, -0.05) is 48.5 Å². The van der Waals surface area contributed by atoms with Crippen LogP contribution in [-0.2, 0) is 0 Å². The molecule has 0 unspecified atom stereocenters. The standard InChI is InChI=1S/C19H14N2O/c1-13(22)18-17-11-4-5-12-21(17)20-19(18)16-10-6-8-14-7-2-3-9-15(14)16/h2-12H,1H3. The van der Waals surface area contributed by atoms with Crippen LogP contribution in [-0.4, -0.2) is 15.4 Å². The van der Waals surface area contributed by atoms with Gasteiger partial charge in [0.05, 0.1) is 11.1 Å². The number of Topliss-reactive ketones (excluding diaryl/α,β-unsaturated/α-hetero) is 1. The van der Waals surface area contributed by atoms with Crippen molar-refractivity contribution in [3.63, 3.8) is 0 Å². The number of pyridine rings is 1. The second-order valence-corrected chi connectivity index (χ2v) is 5.34. The van der Waals surface area contributed by atoms with Gasteiger partial charge in [0, 0.05) is 11.8 Å². The van der Waals surface area contributed by atoms with E-state index in [2.05, 4.69) is 23.3 Å². The molecule has 2 aromatic heterocycles. The minimum atomic E-state index is 0.0316. The van der Waals surface area contributed by atoms with Crippen molar-refractivity contribution in [2.75, 3.05) is 0 Å². The summed E-state index contributed by atoms with van der Waals surface area (Å²) in [4.78, 5) is 12.2. The molecular weight excluding hydrogens is 272 g/mol. The van der Waals surface area contributed by atoms with Gasteiger partial charge in [-0.2, -0.15) is 5.10 Å². The largest absolute Gasteiger partial charge is 0.294 e. The van der Waals surface area contributed by atoms with E-state index in [1.165, 1.54) is 0 Å². The van der Waals surface area contributed by atoms with Crippen molar-refractivity contribution in [1.29, 1.82) is 0 Å². The molecule has 4 aromatic rings. The quantitative estimate of drug-likeness (QED) is 0.513. The SMILES string of the molecule is CC(=O)c1c(-c2cccc3ccccc23)nn2ccccc12. The van der Waals surface area contributed by atoms with Crippen molar-refractivity contribution in [1.82, 2.24) is 9.61 Å². The zero-order chi connectivity index (χ0) is 15.1. The summed E-state index contributed by atoms with van der Waals surface area (Å²) in [6, 6.07) is 20.0. The molecule has 4 rings (SSSR count). The summed E-state index contributed by atoms with van der Waals surface area (Å²) in [5.41, 5.74) is 3.26. The third-order valence-corrected chi connectivity index (χ3v) is 3.94. The summed E-state index contributed by atoms with van der Waals surface area (Å²) < 4.78 is 1.77. The van der Waals surface area contributed by atoms with E-state index in [4.69, 9.17) is 0 Å². The van der Waals surface area contributed by atoms with Crippen molar-refractivity contribution in [3.05, 3.63) is 72.4 Å². The summed E-state index contributed by atoms with van der Waals surface area (Å²) in [7, 11) is 0. The first-order chi connectivity index (χ1) is 10.8. The van der Waals surface area contributed by atoms with Crippen molar-refractivity contribution in [2.45, 2.75) is 6.92 Å². The van der Waals surface area contributed by atoms with Gasteiger partial charge in [-0.05, 0) is 29.8 Å². The van der Waals surface area contributed by atoms with E-state index in [-0.39, 0.29) is 5.78 Å². The van der Waals surface area contributed by atoms with Gasteiger partial charge in [-0.25, -0.2) is 4.52 Å². The first-order valence-corrected chi connectivity index (χ1v) is 7.22. The van der Waals surface area contributed by atoms with Crippen LogP contribution in [0.4, 0.5) is 0 Å². The fraction of sp³-hybridized carbons (Fsp3) is 0.0526. The van der Waals surface area contributed by atoms with Crippen LogP contribution in [0.15, 0.2) is 66.9 Å². The molecule has 2 aromatic carbocycles. The molecule has 0 fully saturated rings. The van der Waals surface area contributed by atoms with Crippen molar-refractivity contribution in [3.8, 4) is 11.3 Å². The Morgan fingerprint density at radius 2 is 1.73 bits per heavy atom.